The number of nitrogens with two attached hydrogens (primary N) is 1. The van der Waals surface area contributed by atoms with Crippen molar-refractivity contribution in [3.05, 3.63) is 29.8 Å². The molecule has 0 aromatic heterocycles. The van der Waals surface area contributed by atoms with Crippen LogP contribution in [0.1, 0.15) is 18.4 Å². The number of hydrogen-bond donors (Lipinski definition) is 1. The Morgan fingerprint density at radius 1 is 1.32 bits per heavy atom. The normalized spacial score (nSPS) is 14.4. The minimum atomic E-state index is 0.667. The number of benzene rings is 1. The van der Waals surface area contributed by atoms with Crippen molar-refractivity contribution in [2.75, 3.05) is 33.3 Å². The molecule has 104 valence electrons. The summed E-state index contributed by atoms with van der Waals surface area (Å²) in [6, 6.07) is 7.93. The van der Waals surface area contributed by atoms with E-state index in [2.05, 4.69) is 10.8 Å². The van der Waals surface area contributed by atoms with Gasteiger partial charge < -0.3 is 10.5 Å². The van der Waals surface area contributed by atoms with Crippen molar-refractivity contribution in [2.24, 2.45) is 5.73 Å². The third-order valence-electron chi connectivity index (χ3n) is 3.12. The molecule has 1 fully saturated rings. The molecule has 1 aromatic carbocycles. The van der Waals surface area contributed by atoms with E-state index in [1.807, 2.05) is 24.3 Å². The van der Waals surface area contributed by atoms with Gasteiger partial charge in [-0.25, -0.2) is 0 Å². The molecule has 0 amide bonds. The van der Waals surface area contributed by atoms with Crippen LogP contribution in [0, 0.1) is 12.3 Å². The second kappa shape index (κ2) is 9.43. The number of likely N-dealkylation sites (tertiary alicyclic amines) is 1. The van der Waals surface area contributed by atoms with E-state index in [-0.39, 0.29) is 0 Å². The maximum absolute atomic E-state index is 5.43. The van der Waals surface area contributed by atoms with E-state index in [4.69, 9.17) is 16.9 Å². The molecule has 2 rings (SSSR count). The molecular formula is C16H24N2O. The van der Waals surface area contributed by atoms with Crippen LogP contribution in [-0.4, -0.2) is 38.2 Å². The molecule has 2 N–H and O–H groups in total. The van der Waals surface area contributed by atoms with Gasteiger partial charge in [-0.05, 0) is 50.5 Å². The van der Waals surface area contributed by atoms with Crippen molar-refractivity contribution < 1.29 is 4.74 Å². The van der Waals surface area contributed by atoms with Crippen molar-refractivity contribution in [2.45, 2.75) is 19.3 Å². The topological polar surface area (TPSA) is 38.5 Å². The van der Waals surface area contributed by atoms with Crippen molar-refractivity contribution in [1.82, 2.24) is 4.90 Å². The zero-order valence-corrected chi connectivity index (χ0v) is 11.8. The third kappa shape index (κ3) is 5.78. The van der Waals surface area contributed by atoms with Crippen LogP contribution in [0.25, 0.3) is 0 Å². The maximum Gasteiger partial charge on any atom is 0.122 e. The van der Waals surface area contributed by atoms with Gasteiger partial charge in [0.1, 0.15) is 5.75 Å². The van der Waals surface area contributed by atoms with E-state index < -0.39 is 0 Å². The van der Waals surface area contributed by atoms with Gasteiger partial charge in [0.25, 0.3) is 0 Å². The van der Waals surface area contributed by atoms with Gasteiger partial charge in [-0.1, -0.05) is 24.1 Å². The Balaban J connectivity index is 0.000000200. The van der Waals surface area contributed by atoms with Gasteiger partial charge in [-0.2, -0.15) is 0 Å². The number of hydrogen-bond acceptors (Lipinski definition) is 3. The molecular weight excluding hydrogens is 236 g/mol. The highest BCUT2D eigenvalue weighted by Gasteiger charge is 2.08. The minimum absolute atomic E-state index is 0.667. The summed E-state index contributed by atoms with van der Waals surface area (Å²) in [5.74, 6) is 3.56. The summed E-state index contributed by atoms with van der Waals surface area (Å²) >= 11 is 0. The Labute approximate surface area is 116 Å². The number of nitrogens with zero attached hydrogens (tertiary/aromatic N) is 1. The smallest absolute Gasteiger partial charge is 0.122 e. The average molecular weight is 260 g/mol. The van der Waals surface area contributed by atoms with Crippen LogP contribution in [0.4, 0.5) is 0 Å². The summed E-state index contributed by atoms with van der Waals surface area (Å²) in [6.45, 7) is 3.94. The lowest BCUT2D eigenvalue weighted by atomic mass is 10.1. The molecule has 1 heterocycles. The fourth-order valence-corrected chi connectivity index (χ4v) is 2.13. The molecule has 3 heteroatoms. The average Bonchev–Trinajstić information content (AvgIpc) is 2.94. The standard InChI is InChI=1S/C9H13NO.C7H11N/c1-11-9-5-3-2-4-8(9)6-7-10;1-2-5-8-6-3-4-7-8/h2-5H,6-7,10H2,1H3;1H,3-7H2. The monoisotopic (exact) mass is 260 g/mol. The van der Waals surface area contributed by atoms with E-state index in [9.17, 15) is 0 Å². The minimum Gasteiger partial charge on any atom is -0.496 e. The second-order valence-electron chi connectivity index (χ2n) is 4.54. The van der Waals surface area contributed by atoms with Crippen LogP contribution in [0.3, 0.4) is 0 Å². The summed E-state index contributed by atoms with van der Waals surface area (Å²) in [4.78, 5) is 2.31. The molecule has 0 unspecified atom stereocenters. The third-order valence-corrected chi connectivity index (χ3v) is 3.12. The summed E-state index contributed by atoms with van der Waals surface area (Å²) in [5.41, 5.74) is 6.61. The van der Waals surface area contributed by atoms with Gasteiger partial charge in [0, 0.05) is 0 Å². The van der Waals surface area contributed by atoms with Crippen molar-refractivity contribution in [3.63, 3.8) is 0 Å². The van der Waals surface area contributed by atoms with Gasteiger partial charge in [0.15, 0.2) is 0 Å². The molecule has 1 saturated heterocycles. The first-order valence-electron chi connectivity index (χ1n) is 6.79. The number of ether oxygens (including phenoxy) is 1. The quantitative estimate of drug-likeness (QED) is 0.841. The number of methoxy groups -OCH3 is 1. The van der Waals surface area contributed by atoms with Crippen molar-refractivity contribution >= 4 is 0 Å². The molecule has 3 nitrogen and oxygen atoms in total. The molecule has 0 radical (unpaired) electrons. The Morgan fingerprint density at radius 3 is 2.58 bits per heavy atom. The van der Waals surface area contributed by atoms with Gasteiger partial charge in [-0.3, -0.25) is 4.90 Å². The fraction of sp³-hybridized carbons (Fsp3) is 0.500. The van der Waals surface area contributed by atoms with Crippen LogP contribution in [0.15, 0.2) is 24.3 Å². The van der Waals surface area contributed by atoms with E-state index >= 15 is 0 Å². The Morgan fingerprint density at radius 2 is 2.00 bits per heavy atom. The lowest BCUT2D eigenvalue weighted by molar-refractivity contribution is 0.383. The summed E-state index contributed by atoms with van der Waals surface area (Å²) in [7, 11) is 1.68. The number of rotatable bonds is 4. The molecule has 0 saturated carbocycles. The first-order chi connectivity index (χ1) is 9.31. The van der Waals surface area contributed by atoms with Crippen molar-refractivity contribution in [1.29, 1.82) is 0 Å². The molecule has 0 bridgehead atoms. The predicted octanol–water partition coefficient (Wildman–Crippen LogP) is 1.91. The first-order valence-corrected chi connectivity index (χ1v) is 6.79. The Kier molecular flexibility index (Phi) is 7.72. The highest BCUT2D eigenvalue weighted by molar-refractivity contribution is 5.33. The Bertz CT molecular complexity index is 392. The van der Waals surface area contributed by atoms with Crippen LogP contribution >= 0.6 is 0 Å². The second-order valence-corrected chi connectivity index (χ2v) is 4.54. The molecule has 0 spiro atoms. The number of para-hydroxylation sites is 1. The van der Waals surface area contributed by atoms with E-state index in [1.54, 1.807) is 7.11 Å². The Hall–Kier alpha value is -1.50. The largest absolute Gasteiger partial charge is 0.496 e. The summed E-state index contributed by atoms with van der Waals surface area (Å²) < 4.78 is 5.14. The van der Waals surface area contributed by atoms with Crippen LogP contribution in [-0.2, 0) is 6.42 Å². The first kappa shape index (κ1) is 15.6. The highest BCUT2D eigenvalue weighted by Crippen LogP contribution is 2.16. The van der Waals surface area contributed by atoms with Gasteiger partial charge in [0.05, 0.1) is 13.7 Å². The SMILES string of the molecule is C#CCN1CCCC1.COc1ccccc1CCN. The van der Waals surface area contributed by atoms with E-state index in [1.165, 1.54) is 31.5 Å². The van der Waals surface area contributed by atoms with Crippen LogP contribution < -0.4 is 10.5 Å². The highest BCUT2D eigenvalue weighted by atomic mass is 16.5. The van der Waals surface area contributed by atoms with Crippen LogP contribution in [0.2, 0.25) is 0 Å². The van der Waals surface area contributed by atoms with Gasteiger partial charge in [0.2, 0.25) is 0 Å². The summed E-state index contributed by atoms with van der Waals surface area (Å²) in [6.07, 6.45) is 8.67. The predicted molar refractivity (Wildman–Crippen MR) is 80.3 cm³/mol. The van der Waals surface area contributed by atoms with Crippen molar-refractivity contribution in [3.8, 4) is 18.1 Å². The molecule has 1 aromatic rings. The molecule has 1 aliphatic rings. The maximum atomic E-state index is 5.43. The molecule has 0 aliphatic carbocycles. The van der Waals surface area contributed by atoms with Crippen LogP contribution in [0.5, 0.6) is 5.75 Å². The molecule has 0 atom stereocenters. The van der Waals surface area contributed by atoms with E-state index in [0.29, 0.717) is 6.54 Å². The zero-order chi connectivity index (χ0) is 13.9. The summed E-state index contributed by atoms with van der Waals surface area (Å²) in [5, 5.41) is 0. The molecule has 19 heavy (non-hydrogen) atoms. The fourth-order valence-electron chi connectivity index (χ4n) is 2.13. The lowest BCUT2D eigenvalue weighted by Crippen LogP contribution is -2.18. The van der Waals surface area contributed by atoms with Gasteiger partial charge in [-0.15, -0.1) is 6.42 Å². The zero-order valence-electron chi connectivity index (χ0n) is 11.8. The number of terminal acetylenes is 1. The van der Waals surface area contributed by atoms with E-state index in [0.717, 1.165) is 18.7 Å². The molecule has 1 aliphatic heterocycles. The van der Waals surface area contributed by atoms with Gasteiger partial charge >= 0.3 is 0 Å². The lowest BCUT2D eigenvalue weighted by Gasteiger charge is -2.07.